The highest BCUT2D eigenvalue weighted by molar-refractivity contribution is 6.30. The highest BCUT2D eigenvalue weighted by Crippen LogP contribution is 2.33. The summed E-state index contributed by atoms with van der Waals surface area (Å²) in [6, 6.07) is 24.7. The summed E-state index contributed by atoms with van der Waals surface area (Å²) in [4.78, 5) is 17.7. The van der Waals surface area contributed by atoms with Crippen LogP contribution in [0.2, 0.25) is 5.02 Å². The first-order valence-corrected chi connectivity index (χ1v) is 10.2. The Hall–Kier alpha value is -3.70. The lowest BCUT2D eigenvalue weighted by Crippen LogP contribution is -2.12. The third-order valence-corrected chi connectivity index (χ3v) is 4.94. The van der Waals surface area contributed by atoms with Gasteiger partial charge >= 0.3 is 5.97 Å². The molecule has 0 unspecified atom stereocenters. The number of hydrazone groups is 1. The molecule has 3 aromatic carbocycles. The number of carbonyl (C=O) groups excluding carboxylic acids is 1. The molecule has 154 valence electrons. The van der Waals surface area contributed by atoms with Crippen LogP contribution in [0.4, 0.5) is 5.69 Å². The number of esters is 1. The number of hydrogen-bond donors (Lipinski definition) is 1. The number of carbonyl (C=O) groups is 1. The predicted octanol–water partition coefficient (Wildman–Crippen LogP) is 6.18. The summed E-state index contributed by atoms with van der Waals surface area (Å²) in [5.74, 6) is -0.437. The van der Waals surface area contributed by atoms with Crippen molar-refractivity contribution in [3.05, 3.63) is 95.1 Å². The molecule has 0 aliphatic carbocycles. The summed E-state index contributed by atoms with van der Waals surface area (Å²) in [5.41, 5.74) is 6.97. The first-order valence-electron chi connectivity index (χ1n) is 9.87. The van der Waals surface area contributed by atoms with Gasteiger partial charge in [-0.05, 0) is 42.8 Å². The Labute approximate surface area is 185 Å². The minimum Gasteiger partial charge on any atom is -0.462 e. The second-order valence-corrected chi connectivity index (χ2v) is 7.16. The van der Waals surface area contributed by atoms with E-state index in [0.717, 1.165) is 27.7 Å². The van der Waals surface area contributed by atoms with Crippen molar-refractivity contribution in [3.63, 3.8) is 0 Å². The second kappa shape index (κ2) is 9.41. The number of rotatable bonds is 6. The molecule has 0 bridgehead atoms. The molecule has 5 nitrogen and oxygen atoms in total. The van der Waals surface area contributed by atoms with E-state index in [4.69, 9.17) is 21.3 Å². The SMILES string of the molecule is CCOC(=O)c1c(/C=N\Nc2ccc(Cl)cc2)nc2ccccc2c1-c1ccccc1. The fourth-order valence-electron chi connectivity index (χ4n) is 3.33. The van der Waals surface area contributed by atoms with Gasteiger partial charge < -0.3 is 4.74 Å². The maximum atomic E-state index is 13.0. The van der Waals surface area contributed by atoms with E-state index in [-0.39, 0.29) is 6.61 Å². The topological polar surface area (TPSA) is 63.6 Å². The summed E-state index contributed by atoms with van der Waals surface area (Å²) in [7, 11) is 0. The minimum atomic E-state index is -0.437. The van der Waals surface area contributed by atoms with Crippen LogP contribution in [0.1, 0.15) is 23.0 Å². The monoisotopic (exact) mass is 429 g/mol. The average Bonchev–Trinajstić information content (AvgIpc) is 2.80. The van der Waals surface area contributed by atoms with Crippen LogP contribution >= 0.6 is 11.6 Å². The van der Waals surface area contributed by atoms with Crippen molar-refractivity contribution in [1.82, 2.24) is 4.98 Å². The summed E-state index contributed by atoms with van der Waals surface area (Å²) < 4.78 is 5.38. The van der Waals surface area contributed by atoms with Crippen LogP contribution in [0.3, 0.4) is 0 Å². The molecule has 6 heteroatoms. The molecule has 1 N–H and O–H groups in total. The van der Waals surface area contributed by atoms with Crippen LogP contribution in [-0.2, 0) is 4.74 Å². The van der Waals surface area contributed by atoms with Crippen LogP contribution in [0.25, 0.3) is 22.0 Å². The van der Waals surface area contributed by atoms with Crippen molar-refractivity contribution in [2.24, 2.45) is 5.10 Å². The van der Waals surface area contributed by atoms with Gasteiger partial charge in [-0.15, -0.1) is 0 Å². The number of pyridine rings is 1. The molecule has 0 atom stereocenters. The van der Waals surface area contributed by atoms with Gasteiger partial charge in [-0.1, -0.05) is 60.1 Å². The lowest BCUT2D eigenvalue weighted by molar-refractivity contribution is 0.0527. The van der Waals surface area contributed by atoms with Gasteiger partial charge in [0, 0.05) is 16.0 Å². The van der Waals surface area contributed by atoms with E-state index in [1.807, 2.05) is 66.7 Å². The normalized spacial score (nSPS) is 11.0. The highest BCUT2D eigenvalue weighted by Gasteiger charge is 2.22. The van der Waals surface area contributed by atoms with Gasteiger partial charge in [0.2, 0.25) is 0 Å². The van der Waals surface area contributed by atoms with E-state index in [2.05, 4.69) is 10.5 Å². The van der Waals surface area contributed by atoms with Crippen LogP contribution in [-0.4, -0.2) is 23.8 Å². The van der Waals surface area contributed by atoms with E-state index in [1.165, 1.54) is 0 Å². The van der Waals surface area contributed by atoms with Crippen molar-refractivity contribution in [3.8, 4) is 11.1 Å². The van der Waals surface area contributed by atoms with E-state index in [9.17, 15) is 4.79 Å². The number of nitrogens with zero attached hydrogens (tertiary/aromatic N) is 2. The second-order valence-electron chi connectivity index (χ2n) is 6.73. The molecule has 4 rings (SSSR count). The number of ether oxygens (including phenoxy) is 1. The van der Waals surface area contributed by atoms with Gasteiger partial charge in [0.1, 0.15) is 0 Å². The molecule has 4 aromatic rings. The fourth-order valence-corrected chi connectivity index (χ4v) is 3.46. The molecule has 1 heterocycles. The van der Waals surface area contributed by atoms with E-state index >= 15 is 0 Å². The van der Waals surface area contributed by atoms with Crippen molar-refractivity contribution in [1.29, 1.82) is 0 Å². The largest absolute Gasteiger partial charge is 0.462 e. The number of fused-ring (bicyclic) bond motifs is 1. The Morgan fingerprint density at radius 3 is 2.48 bits per heavy atom. The molecule has 0 saturated carbocycles. The fraction of sp³-hybridized carbons (Fsp3) is 0.0800. The van der Waals surface area contributed by atoms with E-state index in [1.54, 1.807) is 25.3 Å². The molecule has 0 aliphatic rings. The minimum absolute atomic E-state index is 0.263. The van der Waals surface area contributed by atoms with Crippen molar-refractivity contribution < 1.29 is 9.53 Å². The van der Waals surface area contributed by atoms with Gasteiger partial charge in [0.15, 0.2) is 0 Å². The maximum absolute atomic E-state index is 13.0. The Morgan fingerprint density at radius 2 is 1.74 bits per heavy atom. The van der Waals surface area contributed by atoms with Crippen LogP contribution in [0.15, 0.2) is 84.0 Å². The number of para-hydroxylation sites is 1. The predicted molar refractivity (Wildman–Crippen MR) is 126 cm³/mol. The molecule has 0 fully saturated rings. The molecular weight excluding hydrogens is 410 g/mol. The van der Waals surface area contributed by atoms with Gasteiger partial charge in [-0.25, -0.2) is 9.78 Å². The first-order chi connectivity index (χ1) is 15.2. The Balaban J connectivity index is 1.87. The van der Waals surface area contributed by atoms with Crippen molar-refractivity contribution in [2.75, 3.05) is 12.0 Å². The Bertz CT molecular complexity index is 1240. The zero-order chi connectivity index (χ0) is 21.6. The molecule has 0 aliphatic heterocycles. The lowest BCUT2D eigenvalue weighted by Gasteiger charge is -2.15. The standard InChI is InChI=1S/C25H20ClN3O2/c1-2-31-25(30)24-22(16-27-29-19-14-12-18(26)13-15-19)28-21-11-7-6-10-20(21)23(24)17-8-4-3-5-9-17/h3-16,29H,2H2,1H3/b27-16-. The van der Waals surface area contributed by atoms with Gasteiger partial charge in [0.05, 0.1) is 35.3 Å². The summed E-state index contributed by atoms with van der Waals surface area (Å²) in [6.45, 7) is 2.05. The summed E-state index contributed by atoms with van der Waals surface area (Å²) in [6.07, 6.45) is 1.54. The van der Waals surface area contributed by atoms with Gasteiger partial charge in [0.25, 0.3) is 0 Å². The molecule has 1 aromatic heterocycles. The Kier molecular flexibility index (Phi) is 6.24. The van der Waals surface area contributed by atoms with Crippen LogP contribution in [0.5, 0.6) is 0 Å². The van der Waals surface area contributed by atoms with Crippen LogP contribution < -0.4 is 5.43 Å². The van der Waals surface area contributed by atoms with Crippen molar-refractivity contribution >= 4 is 40.4 Å². The number of nitrogens with one attached hydrogen (secondary N) is 1. The molecular formula is C25H20ClN3O2. The molecule has 0 amide bonds. The van der Waals surface area contributed by atoms with Crippen molar-refractivity contribution in [2.45, 2.75) is 6.92 Å². The number of benzene rings is 3. The zero-order valence-corrected chi connectivity index (χ0v) is 17.6. The quantitative estimate of drug-likeness (QED) is 0.226. The third kappa shape index (κ3) is 4.57. The maximum Gasteiger partial charge on any atom is 0.341 e. The zero-order valence-electron chi connectivity index (χ0n) is 16.9. The molecule has 0 radical (unpaired) electrons. The summed E-state index contributed by atoms with van der Waals surface area (Å²) >= 11 is 5.93. The van der Waals surface area contributed by atoms with E-state index in [0.29, 0.717) is 16.3 Å². The van der Waals surface area contributed by atoms with Crippen LogP contribution in [0, 0.1) is 0 Å². The van der Waals surface area contributed by atoms with Gasteiger partial charge in [-0.3, -0.25) is 5.43 Å². The Morgan fingerprint density at radius 1 is 1.03 bits per heavy atom. The lowest BCUT2D eigenvalue weighted by atomic mass is 9.94. The first kappa shape index (κ1) is 20.6. The molecule has 0 saturated heterocycles. The number of halogens is 1. The summed E-state index contributed by atoms with van der Waals surface area (Å²) in [5, 5.41) is 5.81. The molecule has 0 spiro atoms. The van der Waals surface area contributed by atoms with E-state index < -0.39 is 5.97 Å². The number of hydrogen-bond acceptors (Lipinski definition) is 5. The smallest absolute Gasteiger partial charge is 0.341 e. The average molecular weight is 430 g/mol. The highest BCUT2D eigenvalue weighted by atomic mass is 35.5. The number of aromatic nitrogens is 1. The third-order valence-electron chi connectivity index (χ3n) is 4.69. The van der Waals surface area contributed by atoms with Gasteiger partial charge in [-0.2, -0.15) is 5.10 Å². The number of anilines is 1. The molecule has 31 heavy (non-hydrogen) atoms.